The fourth-order valence-electron chi connectivity index (χ4n) is 1.49. The second kappa shape index (κ2) is 5.19. The van der Waals surface area contributed by atoms with Gasteiger partial charge in [-0.25, -0.2) is 8.78 Å². The predicted molar refractivity (Wildman–Crippen MR) is 54.5 cm³/mol. The highest BCUT2D eigenvalue weighted by Gasteiger charge is 2.16. The van der Waals surface area contributed by atoms with E-state index in [-0.39, 0.29) is 18.2 Å². The predicted octanol–water partition coefficient (Wildman–Crippen LogP) is 2.00. The molecular formula is C11H15F2NO. The lowest BCUT2D eigenvalue weighted by Crippen LogP contribution is -2.32. The second-order valence-corrected chi connectivity index (χ2v) is 3.61. The highest BCUT2D eigenvalue weighted by atomic mass is 19.1. The molecule has 0 heterocycles. The van der Waals surface area contributed by atoms with Gasteiger partial charge in [-0.1, -0.05) is 6.07 Å². The van der Waals surface area contributed by atoms with Crippen molar-refractivity contribution in [1.82, 2.24) is 5.32 Å². The Hall–Kier alpha value is -1.00. The fraction of sp³-hybridized carbons (Fsp3) is 0.455. The summed E-state index contributed by atoms with van der Waals surface area (Å²) in [5, 5.41) is 11.7. The molecule has 15 heavy (non-hydrogen) atoms. The van der Waals surface area contributed by atoms with Crippen molar-refractivity contribution in [2.24, 2.45) is 0 Å². The summed E-state index contributed by atoms with van der Waals surface area (Å²) in [6, 6.07) is 3.11. The first-order chi connectivity index (χ1) is 7.06. The average molecular weight is 215 g/mol. The van der Waals surface area contributed by atoms with E-state index in [2.05, 4.69) is 5.32 Å². The lowest BCUT2D eigenvalue weighted by Gasteiger charge is -2.19. The monoisotopic (exact) mass is 215 g/mol. The van der Waals surface area contributed by atoms with Crippen LogP contribution in [0.1, 0.15) is 25.5 Å². The molecule has 1 aromatic rings. The van der Waals surface area contributed by atoms with E-state index in [1.807, 2.05) is 0 Å². The van der Waals surface area contributed by atoms with Crippen LogP contribution in [0.25, 0.3) is 0 Å². The van der Waals surface area contributed by atoms with Crippen LogP contribution in [-0.2, 0) is 0 Å². The third-order valence-corrected chi connectivity index (χ3v) is 2.24. The van der Waals surface area contributed by atoms with E-state index >= 15 is 0 Å². The van der Waals surface area contributed by atoms with E-state index in [0.29, 0.717) is 0 Å². The van der Waals surface area contributed by atoms with Crippen molar-refractivity contribution in [2.75, 3.05) is 6.61 Å². The maximum absolute atomic E-state index is 13.3. The average Bonchev–Trinajstić information content (AvgIpc) is 2.17. The van der Waals surface area contributed by atoms with Gasteiger partial charge in [0.2, 0.25) is 0 Å². The second-order valence-electron chi connectivity index (χ2n) is 3.61. The number of hydrogen-bond donors (Lipinski definition) is 2. The summed E-state index contributed by atoms with van der Waals surface area (Å²) >= 11 is 0. The topological polar surface area (TPSA) is 32.3 Å². The van der Waals surface area contributed by atoms with Crippen LogP contribution in [-0.4, -0.2) is 17.8 Å². The van der Waals surface area contributed by atoms with Crippen molar-refractivity contribution in [3.8, 4) is 0 Å². The first-order valence-electron chi connectivity index (χ1n) is 4.87. The van der Waals surface area contributed by atoms with Gasteiger partial charge in [-0.2, -0.15) is 0 Å². The highest BCUT2D eigenvalue weighted by Crippen LogP contribution is 2.20. The molecule has 0 aliphatic carbocycles. The molecule has 0 amide bonds. The van der Waals surface area contributed by atoms with Crippen LogP contribution in [0.15, 0.2) is 18.2 Å². The Morgan fingerprint density at radius 1 is 1.27 bits per heavy atom. The summed E-state index contributed by atoms with van der Waals surface area (Å²) < 4.78 is 26.6. The van der Waals surface area contributed by atoms with Crippen molar-refractivity contribution in [1.29, 1.82) is 0 Å². The van der Waals surface area contributed by atoms with Crippen LogP contribution < -0.4 is 5.32 Å². The molecule has 0 aromatic heterocycles. The molecule has 1 aromatic carbocycles. The van der Waals surface area contributed by atoms with E-state index in [0.717, 1.165) is 0 Å². The van der Waals surface area contributed by atoms with Gasteiger partial charge in [0.1, 0.15) is 11.6 Å². The number of halogens is 2. The maximum atomic E-state index is 13.3. The molecule has 2 N–H and O–H groups in total. The van der Waals surface area contributed by atoms with Gasteiger partial charge in [-0.15, -0.1) is 0 Å². The third kappa shape index (κ3) is 2.97. The van der Waals surface area contributed by atoms with Crippen LogP contribution in [0.3, 0.4) is 0 Å². The summed E-state index contributed by atoms with van der Waals surface area (Å²) in [6.07, 6.45) is 0. The molecule has 84 valence electrons. The largest absolute Gasteiger partial charge is 0.395 e. The number of nitrogens with one attached hydrogen (secondary N) is 1. The summed E-state index contributed by atoms with van der Waals surface area (Å²) in [5.41, 5.74) is 0.0119. The Morgan fingerprint density at radius 3 is 2.27 bits per heavy atom. The summed E-state index contributed by atoms with van der Waals surface area (Å²) in [4.78, 5) is 0. The molecule has 2 atom stereocenters. The molecule has 0 radical (unpaired) electrons. The number of aliphatic hydroxyl groups is 1. The fourth-order valence-corrected chi connectivity index (χ4v) is 1.49. The van der Waals surface area contributed by atoms with Crippen molar-refractivity contribution in [3.05, 3.63) is 35.4 Å². The molecule has 0 saturated heterocycles. The molecule has 1 rings (SSSR count). The lowest BCUT2D eigenvalue weighted by molar-refractivity contribution is 0.241. The van der Waals surface area contributed by atoms with Gasteiger partial charge in [-0.3, -0.25) is 0 Å². The van der Waals surface area contributed by atoms with Gasteiger partial charge in [0.25, 0.3) is 0 Å². The van der Waals surface area contributed by atoms with Crippen molar-refractivity contribution in [2.45, 2.75) is 25.9 Å². The van der Waals surface area contributed by atoms with E-state index in [1.54, 1.807) is 13.8 Å². The van der Waals surface area contributed by atoms with Crippen molar-refractivity contribution >= 4 is 0 Å². The third-order valence-electron chi connectivity index (χ3n) is 2.24. The molecule has 0 fully saturated rings. The van der Waals surface area contributed by atoms with Crippen LogP contribution in [0.5, 0.6) is 0 Å². The molecule has 2 nitrogen and oxygen atoms in total. The van der Waals surface area contributed by atoms with Gasteiger partial charge >= 0.3 is 0 Å². The molecule has 0 spiro atoms. The normalized spacial score (nSPS) is 15.0. The molecule has 1 unspecified atom stereocenters. The quantitative estimate of drug-likeness (QED) is 0.805. The zero-order valence-electron chi connectivity index (χ0n) is 8.80. The number of benzene rings is 1. The van der Waals surface area contributed by atoms with E-state index < -0.39 is 17.7 Å². The van der Waals surface area contributed by atoms with Gasteiger partial charge in [-0.05, 0) is 26.0 Å². The minimum Gasteiger partial charge on any atom is -0.395 e. The van der Waals surface area contributed by atoms with Crippen LogP contribution in [0.2, 0.25) is 0 Å². The first kappa shape index (κ1) is 12.1. The van der Waals surface area contributed by atoms with Crippen molar-refractivity contribution < 1.29 is 13.9 Å². The Labute approximate surface area is 87.9 Å². The number of hydrogen-bond acceptors (Lipinski definition) is 2. The zero-order chi connectivity index (χ0) is 11.4. The SMILES string of the molecule is CC(N[C@@H](C)CO)c1c(F)cccc1F. The Morgan fingerprint density at radius 2 is 1.80 bits per heavy atom. The number of aliphatic hydroxyl groups excluding tert-OH is 1. The zero-order valence-corrected chi connectivity index (χ0v) is 8.80. The minimum absolute atomic E-state index is 0.0119. The standard InChI is InChI=1S/C11H15F2NO/c1-7(6-15)14-8(2)11-9(12)4-3-5-10(11)13/h3-5,7-8,14-15H,6H2,1-2H3/t7-,8?/m0/s1. The van der Waals surface area contributed by atoms with Gasteiger partial charge < -0.3 is 10.4 Å². The van der Waals surface area contributed by atoms with Crippen LogP contribution >= 0.6 is 0 Å². The van der Waals surface area contributed by atoms with E-state index in [4.69, 9.17) is 5.11 Å². The highest BCUT2D eigenvalue weighted by molar-refractivity contribution is 5.22. The molecule has 0 aliphatic heterocycles. The Kier molecular flexibility index (Phi) is 4.17. The maximum Gasteiger partial charge on any atom is 0.130 e. The molecule has 0 bridgehead atoms. The number of rotatable bonds is 4. The van der Waals surface area contributed by atoms with Gasteiger partial charge in [0.05, 0.1) is 6.61 Å². The smallest absolute Gasteiger partial charge is 0.130 e. The summed E-state index contributed by atoms with van der Waals surface area (Å²) in [5.74, 6) is -1.14. The minimum atomic E-state index is -0.569. The Bertz CT molecular complexity index is 310. The molecule has 0 saturated carbocycles. The Balaban J connectivity index is 2.86. The lowest BCUT2D eigenvalue weighted by atomic mass is 10.1. The van der Waals surface area contributed by atoms with E-state index in [1.165, 1.54) is 18.2 Å². The van der Waals surface area contributed by atoms with Gasteiger partial charge in [0, 0.05) is 17.6 Å². The summed E-state index contributed by atoms with van der Waals surface area (Å²) in [7, 11) is 0. The van der Waals surface area contributed by atoms with E-state index in [9.17, 15) is 8.78 Å². The summed E-state index contributed by atoms with van der Waals surface area (Å²) in [6.45, 7) is 3.34. The van der Waals surface area contributed by atoms with Crippen molar-refractivity contribution in [3.63, 3.8) is 0 Å². The van der Waals surface area contributed by atoms with Crippen LogP contribution in [0, 0.1) is 11.6 Å². The first-order valence-corrected chi connectivity index (χ1v) is 4.87. The molecule has 4 heteroatoms. The van der Waals surface area contributed by atoms with Crippen LogP contribution in [0.4, 0.5) is 8.78 Å². The molecular weight excluding hydrogens is 200 g/mol. The molecule has 0 aliphatic rings. The van der Waals surface area contributed by atoms with Gasteiger partial charge in [0.15, 0.2) is 0 Å².